The van der Waals surface area contributed by atoms with E-state index >= 15 is 0 Å². The number of nitrogens with zero attached hydrogens (tertiary/aromatic N) is 3. The number of nitrogens with one attached hydrogen (secondary N) is 3. The molecule has 2 fully saturated rings. The minimum Gasteiger partial charge on any atom is -0.378 e. The number of ether oxygens (including phenoxy) is 1. The highest BCUT2D eigenvalue weighted by molar-refractivity contribution is 6.35. The fourth-order valence-corrected chi connectivity index (χ4v) is 5.06. The first-order chi connectivity index (χ1) is 18.0. The van der Waals surface area contributed by atoms with Gasteiger partial charge >= 0.3 is 0 Å². The third-order valence-corrected chi connectivity index (χ3v) is 7.73. The summed E-state index contributed by atoms with van der Waals surface area (Å²) in [6.45, 7) is 3.73. The smallest absolute Gasteiger partial charge is 0.253 e. The van der Waals surface area contributed by atoms with Crippen molar-refractivity contribution in [2.45, 2.75) is 57.2 Å². The van der Waals surface area contributed by atoms with Crippen LogP contribution >= 0.6 is 11.6 Å². The second-order valence-corrected chi connectivity index (χ2v) is 10.4. The highest BCUT2D eigenvalue weighted by Gasteiger charge is 2.26. The Hall–Kier alpha value is -3.01. The van der Waals surface area contributed by atoms with Crippen molar-refractivity contribution in [3.8, 4) is 0 Å². The fraction of sp³-hybridized carbons (Fsp3) is 0.481. The van der Waals surface area contributed by atoms with Gasteiger partial charge in [0.15, 0.2) is 6.10 Å². The van der Waals surface area contributed by atoms with E-state index in [4.69, 9.17) is 21.3 Å². The molecule has 1 saturated carbocycles. The van der Waals surface area contributed by atoms with Crippen LogP contribution in [0, 0.1) is 12.8 Å². The number of amides is 1. The van der Waals surface area contributed by atoms with E-state index in [0.717, 1.165) is 66.0 Å². The van der Waals surface area contributed by atoms with Gasteiger partial charge in [0, 0.05) is 35.9 Å². The molecule has 10 heteroatoms. The summed E-state index contributed by atoms with van der Waals surface area (Å²) in [6.07, 6.45) is 7.24. The molecule has 1 atom stereocenters. The Labute approximate surface area is 221 Å². The van der Waals surface area contributed by atoms with E-state index in [1.807, 2.05) is 19.1 Å². The van der Waals surface area contributed by atoms with E-state index in [1.165, 1.54) is 12.4 Å². The molecule has 0 bridgehead atoms. The van der Waals surface area contributed by atoms with Crippen LogP contribution in [0.4, 0.5) is 11.8 Å². The molecule has 1 saturated heterocycles. The van der Waals surface area contributed by atoms with Gasteiger partial charge in [-0.15, -0.1) is 0 Å². The minimum absolute atomic E-state index is 0.0337. The van der Waals surface area contributed by atoms with E-state index in [1.54, 1.807) is 0 Å². The number of aryl methyl sites for hydroxylation is 1. The summed E-state index contributed by atoms with van der Waals surface area (Å²) in [5.74, 6) is 1.56. The minimum atomic E-state index is -1.29. The molecule has 2 aromatic heterocycles. The van der Waals surface area contributed by atoms with Crippen LogP contribution in [0.2, 0.25) is 5.02 Å². The maximum atomic E-state index is 12.1. The summed E-state index contributed by atoms with van der Waals surface area (Å²) >= 11 is 6.47. The number of fused-ring (bicyclic) bond motifs is 1. The lowest BCUT2D eigenvalue weighted by atomic mass is 9.84. The fourth-order valence-electron chi connectivity index (χ4n) is 4.85. The van der Waals surface area contributed by atoms with Gasteiger partial charge in [-0.2, -0.15) is 0 Å². The van der Waals surface area contributed by atoms with Crippen molar-refractivity contribution in [2.75, 3.05) is 30.4 Å². The van der Waals surface area contributed by atoms with E-state index < -0.39 is 12.0 Å². The Balaban J connectivity index is 1.04. The lowest BCUT2D eigenvalue weighted by Gasteiger charge is -2.29. The van der Waals surface area contributed by atoms with Crippen LogP contribution in [0.15, 0.2) is 36.7 Å². The number of carbonyl (C=O) groups is 1. The van der Waals surface area contributed by atoms with Gasteiger partial charge in [0.05, 0.1) is 29.8 Å². The van der Waals surface area contributed by atoms with Crippen molar-refractivity contribution >= 4 is 40.2 Å². The van der Waals surface area contributed by atoms with Crippen LogP contribution in [0.25, 0.3) is 10.9 Å². The Morgan fingerprint density at radius 3 is 2.54 bits per heavy atom. The molecular weight excluding hydrogens is 492 g/mol. The zero-order chi connectivity index (χ0) is 25.8. The van der Waals surface area contributed by atoms with E-state index in [9.17, 15) is 9.90 Å². The number of halogens is 1. The third kappa shape index (κ3) is 6.29. The number of pyridine rings is 1. The highest BCUT2D eigenvalue weighted by atomic mass is 35.5. The number of rotatable bonds is 9. The predicted octanol–water partition coefficient (Wildman–Crippen LogP) is 4.01. The summed E-state index contributed by atoms with van der Waals surface area (Å²) in [5, 5.41) is 21.6. The van der Waals surface area contributed by atoms with Crippen LogP contribution in [0.1, 0.15) is 49.3 Å². The van der Waals surface area contributed by atoms with Crippen LogP contribution in [0.3, 0.4) is 0 Å². The zero-order valence-corrected chi connectivity index (χ0v) is 21.7. The molecule has 1 aliphatic heterocycles. The molecule has 0 radical (unpaired) electrons. The van der Waals surface area contributed by atoms with Gasteiger partial charge in [0.25, 0.3) is 5.91 Å². The van der Waals surface area contributed by atoms with Gasteiger partial charge < -0.3 is 25.8 Å². The molecule has 1 aliphatic carbocycles. The number of hydrogen-bond donors (Lipinski definition) is 4. The Morgan fingerprint density at radius 2 is 1.84 bits per heavy atom. The van der Waals surface area contributed by atoms with Crippen molar-refractivity contribution in [1.82, 2.24) is 20.3 Å². The molecular formula is C27H33ClN6O3. The monoisotopic (exact) mass is 524 g/mol. The first-order valence-corrected chi connectivity index (χ1v) is 13.3. The molecule has 2 aliphatic rings. The van der Waals surface area contributed by atoms with Gasteiger partial charge in [-0.3, -0.25) is 4.79 Å². The van der Waals surface area contributed by atoms with Gasteiger partial charge in [0.1, 0.15) is 5.82 Å². The maximum Gasteiger partial charge on any atom is 0.253 e. The van der Waals surface area contributed by atoms with Crippen molar-refractivity contribution in [2.24, 2.45) is 5.92 Å². The molecule has 0 spiro atoms. The van der Waals surface area contributed by atoms with Crippen molar-refractivity contribution in [3.05, 3.63) is 52.8 Å². The summed E-state index contributed by atoms with van der Waals surface area (Å²) in [7, 11) is 0. The maximum absolute atomic E-state index is 12.1. The van der Waals surface area contributed by atoms with Crippen LogP contribution in [-0.4, -0.2) is 57.8 Å². The Kier molecular flexibility index (Phi) is 8.02. The van der Waals surface area contributed by atoms with Gasteiger partial charge in [0.2, 0.25) is 5.95 Å². The Morgan fingerprint density at radius 1 is 1.11 bits per heavy atom. The molecule has 37 heavy (non-hydrogen) atoms. The first-order valence-electron chi connectivity index (χ1n) is 12.9. The molecule has 1 unspecified atom stereocenters. The topological polar surface area (TPSA) is 121 Å². The largest absolute Gasteiger partial charge is 0.378 e. The molecule has 4 N–H and O–H groups in total. The molecule has 1 amide bonds. The summed E-state index contributed by atoms with van der Waals surface area (Å²) in [4.78, 5) is 25.4. The molecule has 9 nitrogen and oxygen atoms in total. The number of hydrogen-bond acceptors (Lipinski definition) is 8. The SMILES string of the molecule is Cc1ccc2ccc(NC3CCC(CCNc4ncc(C(O)C(=O)NC5COC5)cn4)CC3)nc2c1Cl. The quantitative estimate of drug-likeness (QED) is 0.331. The number of aliphatic hydroxyl groups excluding tert-OH is 1. The average Bonchev–Trinajstić information content (AvgIpc) is 2.89. The number of carbonyl (C=O) groups excluding carboxylic acids is 1. The first kappa shape index (κ1) is 25.6. The second kappa shape index (κ2) is 11.6. The predicted molar refractivity (Wildman–Crippen MR) is 144 cm³/mol. The Bertz CT molecular complexity index is 1230. The van der Waals surface area contributed by atoms with Crippen molar-refractivity contribution in [3.63, 3.8) is 0 Å². The summed E-state index contributed by atoms with van der Waals surface area (Å²) in [5.41, 5.74) is 2.25. The second-order valence-electron chi connectivity index (χ2n) is 10.0. The molecule has 196 valence electrons. The van der Waals surface area contributed by atoms with E-state index in [0.29, 0.717) is 36.7 Å². The number of aromatic nitrogens is 3. The molecule has 1 aromatic carbocycles. The van der Waals surface area contributed by atoms with E-state index in [-0.39, 0.29) is 6.04 Å². The van der Waals surface area contributed by atoms with Crippen molar-refractivity contribution in [1.29, 1.82) is 0 Å². The molecule has 5 rings (SSSR count). The lowest BCUT2D eigenvalue weighted by molar-refractivity contribution is -0.133. The molecule has 3 heterocycles. The van der Waals surface area contributed by atoms with Crippen molar-refractivity contribution < 1.29 is 14.6 Å². The van der Waals surface area contributed by atoms with Crippen LogP contribution in [-0.2, 0) is 9.53 Å². The lowest BCUT2D eigenvalue weighted by Crippen LogP contribution is -2.50. The summed E-state index contributed by atoms with van der Waals surface area (Å²) in [6, 6.07) is 8.56. The number of aliphatic hydroxyl groups is 1. The van der Waals surface area contributed by atoms with Gasteiger partial charge in [-0.25, -0.2) is 15.0 Å². The number of anilines is 2. The van der Waals surface area contributed by atoms with Crippen LogP contribution < -0.4 is 16.0 Å². The summed E-state index contributed by atoms with van der Waals surface area (Å²) < 4.78 is 5.03. The average molecular weight is 525 g/mol. The van der Waals surface area contributed by atoms with Crippen LogP contribution in [0.5, 0.6) is 0 Å². The standard InChI is InChI=1S/C27H33ClN6O3/c1-16-2-5-18-6-9-22(34-24(18)23(16)28)32-20-7-3-17(4-8-20)10-11-29-27-30-12-19(13-31-27)25(35)26(36)33-21-14-37-15-21/h2,5-6,9,12-13,17,20-21,25,35H,3-4,7-8,10-11,14-15H2,1H3,(H,32,34)(H,33,36)(H,29,30,31). The number of benzene rings is 1. The third-order valence-electron chi connectivity index (χ3n) is 7.25. The molecule has 3 aromatic rings. The highest BCUT2D eigenvalue weighted by Crippen LogP contribution is 2.30. The van der Waals surface area contributed by atoms with Gasteiger partial charge in [-0.1, -0.05) is 23.7 Å². The van der Waals surface area contributed by atoms with E-state index in [2.05, 4.69) is 38.1 Å². The normalized spacial score (nSPS) is 20.7. The zero-order valence-electron chi connectivity index (χ0n) is 20.9. The van der Waals surface area contributed by atoms with Gasteiger partial charge in [-0.05, 0) is 62.6 Å².